The summed E-state index contributed by atoms with van der Waals surface area (Å²) in [6, 6.07) is 19.6. The average molecular weight is 562 g/mol. The molecule has 3 aromatic carbocycles. The second kappa shape index (κ2) is 10.3. The van der Waals surface area contributed by atoms with Crippen LogP contribution in [0.4, 0.5) is 17.1 Å². The smallest absolute Gasteiger partial charge is 0.271 e. The molecule has 0 fully saturated rings. The number of rotatable bonds is 8. The monoisotopic (exact) mass is 561 g/mol. The van der Waals surface area contributed by atoms with Crippen LogP contribution in [0.3, 0.4) is 0 Å². The lowest BCUT2D eigenvalue weighted by Gasteiger charge is -2.11. The van der Waals surface area contributed by atoms with Gasteiger partial charge in [-0.15, -0.1) is 11.3 Å². The molecular weight excluding hydrogens is 542 g/mol. The predicted molar refractivity (Wildman–Crippen MR) is 143 cm³/mol. The first kappa shape index (κ1) is 25.7. The number of nitrogens with one attached hydrogen (secondary N) is 3. The van der Waals surface area contributed by atoms with Gasteiger partial charge in [0.15, 0.2) is 0 Å². The minimum Gasteiger partial charge on any atom is -0.322 e. The van der Waals surface area contributed by atoms with Crippen molar-refractivity contribution < 1.29 is 21.6 Å². The van der Waals surface area contributed by atoms with E-state index >= 15 is 0 Å². The van der Waals surface area contributed by atoms with E-state index in [-0.39, 0.29) is 9.10 Å². The third-order valence-corrected chi connectivity index (χ3v) is 9.59. The summed E-state index contributed by atoms with van der Waals surface area (Å²) in [5, 5.41) is 4.79. The van der Waals surface area contributed by atoms with Crippen LogP contribution in [-0.2, 0) is 20.0 Å². The molecule has 1 heterocycles. The Morgan fingerprint density at radius 1 is 0.778 bits per heavy atom. The lowest BCUT2D eigenvalue weighted by Crippen LogP contribution is -2.14. The number of halogens is 1. The van der Waals surface area contributed by atoms with Gasteiger partial charge in [0.1, 0.15) is 4.21 Å². The Morgan fingerprint density at radius 2 is 1.39 bits per heavy atom. The Morgan fingerprint density at radius 3 is 2.00 bits per heavy atom. The van der Waals surface area contributed by atoms with Gasteiger partial charge in [-0.3, -0.25) is 14.2 Å². The van der Waals surface area contributed by atoms with Crippen LogP contribution >= 0.6 is 22.9 Å². The van der Waals surface area contributed by atoms with Crippen LogP contribution in [0.1, 0.15) is 15.9 Å². The Kier molecular flexibility index (Phi) is 7.36. The molecule has 0 aliphatic heterocycles. The Balaban J connectivity index is 1.40. The number of hydrogen-bond acceptors (Lipinski definition) is 6. The van der Waals surface area contributed by atoms with Gasteiger partial charge in [-0.1, -0.05) is 23.7 Å². The van der Waals surface area contributed by atoms with Crippen LogP contribution in [0.5, 0.6) is 0 Å². The molecule has 0 unspecified atom stereocenters. The first-order valence-electron chi connectivity index (χ1n) is 10.4. The van der Waals surface area contributed by atoms with Crippen LogP contribution in [-0.4, -0.2) is 22.7 Å². The number of carbonyl (C=O) groups is 1. The highest BCUT2D eigenvalue weighted by Crippen LogP contribution is 2.24. The summed E-state index contributed by atoms with van der Waals surface area (Å²) in [5.74, 6) is -0.439. The third kappa shape index (κ3) is 6.05. The minimum absolute atomic E-state index is 0.0135. The zero-order valence-electron chi connectivity index (χ0n) is 18.7. The van der Waals surface area contributed by atoms with Crippen LogP contribution in [0.25, 0.3) is 0 Å². The normalized spacial score (nSPS) is 11.6. The highest BCUT2D eigenvalue weighted by Gasteiger charge is 2.17. The lowest BCUT2D eigenvalue weighted by molar-refractivity contribution is 0.102. The molecule has 12 heteroatoms. The number of carbonyl (C=O) groups excluding carboxylic acids is 1. The first-order chi connectivity index (χ1) is 17.0. The second-order valence-corrected chi connectivity index (χ2v) is 12.6. The van der Waals surface area contributed by atoms with E-state index in [1.54, 1.807) is 23.6 Å². The molecule has 4 aromatic rings. The van der Waals surface area contributed by atoms with E-state index < -0.39 is 26.0 Å². The largest absolute Gasteiger partial charge is 0.322 e. The topological polar surface area (TPSA) is 121 Å². The number of benzene rings is 3. The van der Waals surface area contributed by atoms with Gasteiger partial charge in [-0.25, -0.2) is 16.8 Å². The predicted octanol–water partition coefficient (Wildman–Crippen LogP) is 5.56. The quantitative estimate of drug-likeness (QED) is 0.260. The van der Waals surface area contributed by atoms with Crippen molar-refractivity contribution in [2.45, 2.75) is 16.0 Å². The molecule has 0 spiro atoms. The second-order valence-electron chi connectivity index (χ2n) is 7.66. The van der Waals surface area contributed by atoms with Crippen molar-refractivity contribution in [3.05, 3.63) is 100 Å². The maximum absolute atomic E-state index is 12.7. The van der Waals surface area contributed by atoms with Crippen molar-refractivity contribution >= 4 is 66.0 Å². The van der Waals surface area contributed by atoms with Crippen molar-refractivity contribution in [1.82, 2.24) is 0 Å². The third-order valence-electron chi connectivity index (χ3n) is 5.01. The number of amides is 1. The fourth-order valence-corrected chi connectivity index (χ4v) is 6.38. The summed E-state index contributed by atoms with van der Waals surface area (Å²) in [5.41, 5.74) is 2.17. The number of hydrogen-bond donors (Lipinski definition) is 3. The fraction of sp³-hybridized carbons (Fsp3) is 0.0417. The van der Waals surface area contributed by atoms with Crippen LogP contribution in [0, 0.1) is 6.92 Å². The Labute approximate surface area is 218 Å². The number of aryl methyl sites for hydroxylation is 1. The van der Waals surface area contributed by atoms with Gasteiger partial charge in [-0.05, 0) is 84.6 Å². The highest BCUT2D eigenvalue weighted by atomic mass is 35.5. The van der Waals surface area contributed by atoms with Crippen LogP contribution < -0.4 is 14.8 Å². The molecule has 0 radical (unpaired) electrons. The minimum atomic E-state index is -3.85. The SMILES string of the molecule is Cc1ccc(NS(=O)(=O)c2ccc(NC(=O)c3ccc(NS(=O)(=O)c4cccs4)cc3)cc2)cc1Cl. The average Bonchev–Trinajstić information content (AvgIpc) is 3.38. The standard InChI is InChI=1S/C24H20ClN3O5S3/c1-16-4-7-20(15-22(16)25)28-35(30,31)21-12-10-18(11-13-21)26-24(29)17-5-8-19(9-6-17)27-36(32,33)23-3-2-14-34-23/h2-15,27-28H,1H3,(H,26,29). The Hall–Kier alpha value is -3.38. The van der Waals surface area contributed by atoms with E-state index in [0.29, 0.717) is 27.6 Å². The molecule has 1 aromatic heterocycles. The van der Waals surface area contributed by atoms with Crippen LogP contribution in [0.15, 0.2) is 93.3 Å². The van der Waals surface area contributed by atoms with E-state index in [2.05, 4.69) is 14.8 Å². The van der Waals surface area contributed by atoms with Gasteiger partial charge in [0, 0.05) is 22.0 Å². The van der Waals surface area contributed by atoms with Crippen molar-refractivity contribution in [2.75, 3.05) is 14.8 Å². The summed E-state index contributed by atoms with van der Waals surface area (Å²) >= 11 is 7.16. The summed E-state index contributed by atoms with van der Waals surface area (Å²) in [4.78, 5) is 12.6. The molecule has 3 N–H and O–H groups in total. The fourth-order valence-electron chi connectivity index (χ4n) is 3.10. The molecular formula is C24H20ClN3O5S3. The molecule has 0 saturated heterocycles. The summed E-state index contributed by atoms with van der Waals surface area (Å²) < 4.78 is 55.1. The van der Waals surface area contributed by atoms with Crippen molar-refractivity contribution in [2.24, 2.45) is 0 Å². The first-order valence-corrected chi connectivity index (χ1v) is 14.6. The van der Waals surface area contributed by atoms with Crippen molar-refractivity contribution in [1.29, 1.82) is 0 Å². The van der Waals surface area contributed by atoms with Gasteiger partial charge in [0.2, 0.25) is 0 Å². The molecule has 186 valence electrons. The molecule has 4 rings (SSSR count). The number of sulfonamides is 2. The van der Waals surface area contributed by atoms with Gasteiger partial charge in [0.25, 0.3) is 26.0 Å². The van der Waals surface area contributed by atoms with Gasteiger partial charge >= 0.3 is 0 Å². The summed E-state index contributed by atoms with van der Waals surface area (Å²) in [7, 11) is -7.54. The summed E-state index contributed by atoms with van der Waals surface area (Å²) in [6.07, 6.45) is 0. The zero-order valence-corrected chi connectivity index (χ0v) is 21.9. The Bertz CT molecular complexity index is 1600. The zero-order chi connectivity index (χ0) is 25.9. The van der Waals surface area contributed by atoms with E-state index in [4.69, 9.17) is 11.6 Å². The molecule has 0 saturated carbocycles. The van der Waals surface area contributed by atoms with Crippen LogP contribution in [0.2, 0.25) is 5.02 Å². The van der Waals surface area contributed by atoms with E-state index in [1.807, 2.05) is 6.92 Å². The van der Waals surface area contributed by atoms with E-state index in [9.17, 15) is 21.6 Å². The molecule has 0 atom stereocenters. The summed E-state index contributed by atoms with van der Waals surface area (Å²) in [6.45, 7) is 1.82. The van der Waals surface area contributed by atoms with E-state index in [0.717, 1.165) is 16.9 Å². The van der Waals surface area contributed by atoms with Gasteiger partial charge in [-0.2, -0.15) is 0 Å². The van der Waals surface area contributed by atoms with Crippen molar-refractivity contribution in [3.8, 4) is 0 Å². The molecule has 8 nitrogen and oxygen atoms in total. The molecule has 36 heavy (non-hydrogen) atoms. The lowest BCUT2D eigenvalue weighted by atomic mass is 10.2. The molecule has 1 amide bonds. The molecule has 0 aliphatic carbocycles. The number of thiophene rings is 1. The highest BCUT2D eigenvalue weighted by molar-refractivity contribution is 7.94. The maximum Gasteiger partial charge on any atom is 0.271 e. The van der Waals surface area contributed by atoms with Crippen molar-refractivity contribution in [3.63, 3.8) is 0 Å². The maximum atomic E-state index is 12.7. The molecule has 0 bridgehead atoms. The van der Waals surface area contributed by atoms with Gasteiger partial charge < -0.3 is 5.32 Å². The van der Waals surface area contributed by atoms with E-state index in [1.165, 1.54) is 60.7 Å². The van der Waals surface area contributed by atoms with Gasteiger partial charge in [0.05, 0.1) is 10.6 Å². The molecule has 0 aliphatic rings. The number of anilines is 3.